The predicted molar refractivity (Wildman–Crippen MR) is 111 cm³/mol. The third kappa shape index (κ3) is 6.56. The van der Waals surface area contributed by atoms with Gasteiger partial charge in [-0.3, -0.25) is 5.43 Å². The van der Waals surface area contributed by atoms with Crippen LogP contribution in [0.5, 0.6) is 0 Å². The second-order valence-corrected chi connectivity index (χ2v) is 7.43. The van der Waals surface area contributed by atoms with Gasteiger partial charge in [0, 0.05) is 11.8 Å². The summed E-state index contributed by atoms with van der Waals surface area (Å²) in [5, 5.41) is 10.7. The predicted octanol–water partition coefficient (Wildman–Crippen LogP) is 3.56. The SMILES string of the molecule is [CH2-]/C(=N\N=[C-]C)N1CCC(NN=O)C1COC1CCC(c2ccccc2)CC1.[U+2]. The molecule has 0 amide bonds. The number of hydrogen-bond acceptors (Lipinski definition) is 5. The van der Waals surface area contributed by atoms with Crippen molar-refractivity contribution in [3.63, 3.8) is 0 Å². The van der Waals surface area contributed by atoms with Crippen LogP contribution in [0.1, 0.15) is 50.5 Å². The smallest absolute Gasteiger partial charge is 0.377 e. The van der Waals surface area contributed by atoms with Crippen LogP contribution < -0.4 is 5.43 Å². The van der Waals surface area contributed by atoms with Crippen LogP contribution in [0.4, 0.5) is 0 Å². The van der Waals surface area contributed by atoms with Gasteiger partial charge in [-0.1, -0.05) is 30.3 Å². The monoisotopic (exact) mass is 621 g/mol. The molecule has 1 aromatic rings. The van der Waals surface area contributed by atoms with Crippen molar-refractivity contribution in [3.05, 3.63) is 47.7 Å². The molecule has 3 rings (SSSR count). The van der Waals surface area contributed by atoms with Crippen LogP contribution in [-0.2, 0) is 4.74 Å². The summed E-state index contributed by atoms with van der Waals surface area (Å²) in [6.45, 7) is 6.93. The first-order valence-electron chi connectivity index (χ1n) is 10.0. The van der Waals surface area contributed by atoms with Crippen LogP contribution in [-0.4, -0.2) is 48.3 Å². The first-order valence-corrected chi connectivity index (χ1v) is 10.0. The zero-order valence-corrected chi connectivity index (χ0v) is 21.1. The summed E-state index contributed by atoms with van der Waals surface area (Å²) in [6.07, 6.45) is 8.06. The van der Waals surface area contributed by atoms with Gasteiger partial charge < -0.3 is 27.9 Å². The van der Waals surface area contributed by atoms with Gasteiger partial charge in [0.2, 0.25) is 0 Å². The van der Waals surface area contributed by atoms with Gasteiger partial charge in [0.25, 0.3) is 0 Å². The number of amidine groups is 1. The Morgan fingerprint density at radius 2 is 1.97 bits per heavy atom. The van der Waals surface area contributed by atoms with Crippen molar-refractivity contribution in [1.82, 2.24) is 10.3 Å². The van der Waals surface area contributed by atoms with Crippen LogP contribution in [0.3, 0.4) is 0 Å². The van der Waals surface area contributed by atoms with E-state index in [9.17, 15) is 4.91 Å². The third-order valence-electron chi connectivity index (χ3n) is 5.81. The molecular formula is C21H29N5O2U. The molecule has 0 bridgehead atoms. The maximum Gasteiger partial charge on any atom is 2.00 e. The fourth-order valence-electron chi connectivity index (χ4n) is 4.29. The van der Waals surface area contributed by atoms with Gasteiger partial charge in [0.05, 0.1) is 24.8 Å². The minimum absolute atomic E-state index is 0. The Bertz CT molecular complexity index is 677. The van der Waals surface area contributed by atoms with Gasteiger partial charge in [-0.25, -0.2) is 5.10 Å². The van der Waals surface area contributed by atoms with E-state index in [0.29, 0.717) is 18.4 Å². The van der Waals surface area contributed by atoms with E-state index in [1.807, 2.05) is 4.90 Å². The summed E-state index contributed by atoms with van der Waals surface area (Å²) in [5.41, 5.74) is 4.10. The van der Waals surface area contributed by atoms with Crippen molar-refractivity contribution in [2.45, 2.75) is 63.1 Å². The van der Waals surface area contributed by atoms with E-state index in [4.69, 9.17) is 4.74 Å². The van der Waals surface area contributed by atoms with Crippen LogP contribution in [0.15, 0.2) is 45.8 Å². The van der Waals surface area contributed by atoms with Gasteiger partial charge in [-0.2, -0.15) is 6.92 Å². The van der Waals surface area contributed by atoms with Crippen LogP contribution in [0, 0.1) is 42.9 Å². The number of benzene rings is 1. The molecule has 2 unspecified atom stereocenters. The van der Waals surface area contributed by atoms with Gasteiger partial charge >= 0.3 is 31.1 Å². The molecule has 1 saturated heterocycles. The van der Waals surface area contributed by atoms with Crippen molar-refractivity contribution < 1.29 is 35.9 Å². The average molecular weight is 622 g/mol. The van der Waals surface area contributed by atoms with Gasteiger partial charge in [0.15, 0.2) is 0 Å². The van der Waals surface area contributed by atoms with Gasteiger partial charge in [-0.05, 0) is 49.4 Å². The molecule has 2 fully saturated rings. The Labute approximate surface area is 197 Å². The third-order valence-corrected chi connectivity index (χ3v) is 5.81. The zero-order valence-electron chi connectivity index (χ0n) is 17.0. The molecule has 154 valence electrons. The fourth-order valence-corrected chi connectivity index (χ4v) is 4.29. The summed E-state index contributed by atoms with van der Waals surface area (Å²) in [4.78, 5) is 12.8. The van der Waals surface area contributed by atoms with Crippen molar-refractivity contribution in [2.75, 3.05) is 13.2 Å². The summed E-state index contributed by atoms with van der Waals surface area (Å²) < 4.78 is 6.26. The van der Waals surface area contributed by atoms with E-state index in [1.54, 1.807) is 6.92 Å². The maximum absolute atomic E-state index is 10.7. The topological polar surface area (TPSA) is 78.7 Å². The van der Waals surface area contributed by atoms with E-state index >= 15 is 0 Å². The molecular weight excluding hydrogens is 592 g/mol. The molecule has 8 heteroatoms. The van der Waals surface area contributed by atoms with E-state index in [1.165, 1.54) is 5.56 Å². The van der Waals surface area contributed by atoms with E-state index < -0.39 is 0 Å². The summed E-state index contributed by atoms with van der Waals surface area (Å²) >= 11 is 0. The number of nitrogens with one attached hydrogen (secondary N) is 1. The number of ether oxygens (including phenoxy) is 1. The summed E-state index contributed by atoms with van der Waals surface area (Å²) in [7, 11) is 0. The molecule has 29 heavy (non-hydrogen) atoms. The molecule has 1 N–H and O–H groups in total. The molecule has 0 spiro atoms. The number of rotatable bonds is 7. The Morgan fingerprint density at radius 3 is 2.62 bits per heavy atom. The standard InChI is InChI=1S/C21H29N5O2.U/c1-3-22-23-16(2)26-14-13-20(24-25-27)21(26)15-28-19-11-9-18(10-12-19)17-7-5-4-6-8-17;/h4-8,18-21H,2,9-15H2,1H3,(H,24,27);/q-2;+2/b23-16+;. The number of nitroso groups, excluding NO2 is 1. The molecule has 7 nitrogen and oxygen atoms in total. The maximum atomic E-state index is 10.7. The Kier molecular flexibility index (Phi) is 10.2. The summed E-state index contributed by atoms with van der Waals surface area (Å²) in [6, 6.07) is 10.6. The molecule has 2 atom stereocenters. The molecule has 0 radical (unpaired) electrons. The quantitative estimate of drug-likeness (QED) is 0.166. The average Bonchev–Trinajstić information content (AvgIpc) is 3.14. The van der Waals surface area contributed by atoms with E-state index in [0.717, 1.165) is 38.6 Å². The number of hydrogen-bond donors (Lipinski definition) is 1. The Hall–Kier alpha value is -1.36. The largest absolute Gasteiger partial charge is 2.00 e. The molecule has 1 heterocycles. The molecule has 1 aliphatic heterocycles. The minimum atomic E-state index is -0.0697. The molecule has 2 aliphatic rings. The zero-order chi connectivity index (χ0) is 19.8. The minimum Gasteiger partial charge on any atom is -0.377 e. The molecule has 1 saturated carbocycles. The number of likely N-dealkylation sites (tertiary alicyclic amines) is 1. The van der Waals surface area contributed by atoms with Crippen molar-refractivity contribution in [3.8, 4) is 0 Å². The fraction of sp³-hybridized carbons (Fsp3) is 0.571. The van der Waals surface area contributed by atoms with Crippen molar-refractivity contribution in [2.24, 2.45) is 15.5 Å². The Morgan fingerprint density at radius 1 is 1.24 bits per heavy atom. The van der Waals surface area contributed by atoms with Gasteiger partial charge in [-0.15, -0.1) is 4.91 Å². The van der Waals surface area contributed by atoms with Crippen molar-refractivity contribution in [1.29, 1.82) is 0 Å². The Balaban J connectivity index is 0.00000300. The second-order valence-electron chi connectivity index (χ2n) is 7.43. The van der Waals surface area contributed by atoms with Gasteiger partial charge in [0.1, 0.15) is 0 Å². The summed E-state index contributed by atoms with van der Waals surface area (Å²) in [5.74, 6) is 1.19. The first-order chi connectivity index (χ1) is 13.7. The molecule has 0 aromatic heterocycles. The first kappa shape index (κ1) is 23.9. The number of nitrogens with zero attached hydrogens (tertiary/aromatic N) is 4. The van der Waals surface area contributed by atoms with Crippen LogP contribution >= 0.6 is 0 Å². The van der Waals surface area contributed by atoms with Crippen molar-refractivity contribution >= 4 is 12.1 Å². The van der Waals surface area contributed by atoms with Crippen LogP contribution in [0.25, 0.3) is 0 Å². The molecule has 1 aromatic carbocycles. The molecule has 1 aliphatic carbocycles. The van der Waals surface area contributed by atoms with E-state index in [-0.39, 0.29) is 49.3 Å². The van der Waals surface area contributed by atoms with E-state index in [2.05, 4.69) is 64.4 Å². The second kappa shape index (κ2) is 12.4. The normalized spacial score (nSPS) is 27.6. The van der Waals surface area contributed by atoms with Crippen LogP contribution in [0.2, 0.25) is 0 Å².